The van der Waals surface area contributed by atoms with Crippen molar-refractivity contribution in [2.45, 2.75) is 26.6 Å². The molecule has 0 radical (unpaired) electrons. The molecule has 0 saturated carbocycles. The Morgan fingerprint density at radius 3 is 2.62 bits per heavy atom. The summed E-state index contributed by atoms with van der Waals surface area (Å²) in [6, 6.07) is 6.69. The Kier molecular flexibility index (Phi) is 4.75. The minimum Gasteiger partial charge on any atom is -0.491 e. The Hall–Kier alpha value is -2.14. The fourth-order valence-corrected chi connectivity index (χ4v) is 2.03. The van der Waals surface area contributed by atoms with Crippen LogP contribution in [0.25, 0.3) is 11.1 Å². The molecule has 0 aliphatic heterocycles. The van der Waals surface area contributed by atoms with Gasteiger partial charge in [0.25, 0.3) is 0 Å². The maximum absolute atomic E-state index is 14.1. The van der Waals surface area contributed by atoms with Gasteiger partial charge in [0.15, 0.2) is 0 Å². The molecule has 21 heavy (non-hydrogen) atoms. The van der Waals surface area contributed by atoms with Crippen molar-refractivity contribution in [1.29, 1.82) is 0 Å². The van der Waals surface area contributed by atoms with Crippen molar-refractivity contribution >= 4 is 0 Å². The van der Waals surface area contributed by atoms with E-state index in [4.69, 9.17) is 9.47 Å². The molecule has 0 amide bonds. The van der Waals surface area contributed by atoms with E-state index in [-0.39, 0.29) is 12.7 Å². The Morgan fingerprint density at radius 1 is 1.24 bits per heavy atom. The van der Waals surface area contributed by atoms with Crippen LogP contribution in [0.1, 0.15) is 19.4 Å². The zero-order valence-corrected chi connectivity index (χ0v) is 12.3. The molecule has 0 aliphatic rings. The van der Waals surface area contributed by atoms with Crippen LogP contribution in [0.3, 0.4) is 0 Å². The van der Waals surface area contributed by atoms with E-state index in [0.717, 1.165) is 6.20 Å². The number of halogens is 1. The number of ether oxygens (including phenoxy) is 2. The van der Waals surface area contributed by atoms with Gasteiger partial charge >= 0.3 is 0 Å². The molecule has 112 valence electrons. The third kappa shape index (κ3) is 3.49. The highest BCUT2D eigenvalue weighted by molar-refractivity contribution is 5.70. The lowest BCUT2D eigenvalue weighted by Gasteiger charge is -2.14. The first-order chi connectivity index (χ1) is 10.0. The molecule has 0 atom stereocenters. The molecule has 0 bridgehead atoms. The van der Waals surface area contributed by atoms with Gasteiger partial charge in [-0.1, -0.05) is 6.07 Å². The highest BCUT2D eigenvalue weighted by Crippen LogP contribution is 2.32. The molecule has 4 nitrogen and oxygen atoms in total. The fourth-order valence-electron chi connectivity index (χ4n) is 2.03. The van der Waals surface area contributed by atoms with Crippen molar-refractivity contribution in [2.24, 2.45) is 0 Å². The summed E-state index contributed by atoms with van der Waals surface area (Å²) in [7, 11) is 1.47. The van der Waals surface area contributed by atoms with Gasteiger partial charge in [-0.25, -0.2) is 9.37 Å². The maximum Gasteiger partial charge on any atom is 0.213 e. The molecule has 0 spiro atoms. The van der Waals surface area contributed by atoms with Gasteiger partial charge in [0, 0.05) is 11.6 Å². The van der Waals surface area contributed by atoms with Gasteiger partial charge in [-0.05, 0) is 37.1 Å². The van der Waals surface area contributed by atoms with Crippen LogP contribution in [0.15, 0.2) is 30.5 Å². The number of rotatable bonds is 5. The van der Waals surface area contributed by atoms with Crippen molar-refractivity contribution in [1.82, 2.24) is 4.98 Å². The zero-order chi connectivity index (χ0) is 15.4. The molecule has 5 heteroatoms. The van der Waals surface area contributed by atoms with Gasteiger partial charge in [-0.3, -0.25) is 0 Å². The molecular weight excluding hydrogens is 273 g/mol. The van der Waals surface area contributed by atoms with Crippen LogP contribution in [0, 0.1) is 5.82 Å². The lowest BCUT2D eigenvalue weighted by atomic mass is 10.00. The average molecular weight is 291 g/mol. The average Bonchev–Trinajstić information content (AvgIpc) is 2.47. The summed E-state index contributed by atoms with van der Waals surface area (Å²) in [5.41, 5.74) is 1.49. The summed E-state index contributed by atoms with van der Waals surface area (Å²) in [6.45, 7) is 3.63. The van der Waals surface area contributed by atoms with E-state index >= 15 is 0 Å². The third-order valence-corrected chi connectivity index (χ3v) is 2.95. The zero-order valence-electron chi connectivity index (χ0n) is 12.3. The lowest BCUT2D eigenvalue weighted by molar-refractivity contribution is 0.242. The van der Waals surface area contributed by atoms with Gasteiger partial charge in [0.05, 0.1) is 26.0 Å². The van der Waals surface area contributed by atoms with E-state index in [2.05, 4.69) is 4.98 Å². The first-order valence-electron chi connectivity index (χ1n) is 6.65. The normalized spacial score (nSPS) is 10.8. The van der Waals surface area contributed by atoms with Crippen LogP contribution < -0.4 is 9.47 Å². The van der Waals surface area contributed by atoms with Gasteiger partial charge in [-0.15, -0.1) is 0 Å². The van der Waals surface area contributed by atoms with Gasteiger partial charge in [0.2, 0.25) is 5.88 Å². The summed E-state index contributed by atoms with van der Waals surface area (Å²) in [4.78, 5) is 3.82. The smallest absolute Gasteiger partial charge is 0.213 e. The van der Waals surface area contributed by atoms with Crippen molar-refractivity contribution < 1.29 is 19.0 Å². The minimum atomic E-state index is -0.479. The predicted molar refractivity (Wildman–Crippen MR) is 77.9 cm³/mol. The summed E-state index contributed by atoms with van der Waals surface area (Å²) in [5, 5.41) is 9.46. The molecule has 0 aliphatic carbocycles. The Morgan fingerprint density at radius 2 is 2.00 bits per heavy atom. The molecule has 1 heterocycles. The Bertz CT molecular complexity index is 629. The molecule has 0 fully saturated rings. The molecule has 1 N–H and O–H groups in total. The second kappa shape index (κ2) is 6.54. The summed E-state index contributed by atoms with van der Waals surface area (Å²) < 4.78 is 24.7. The van der Waals surface area contributed by atoms with Gasteiger partial charge in [0.1, 0.15) is 11.6 Å². The molecule has 1 aromatic carbocycles. The van der Waals surface area contributed by atoms with E-state index in [1.54, 1.807) is 18.2 Å². The standard InChI is InChI=1S/C16H18FNO3/c1-10(2)21-12-5-4-11(9-19)13(6-12)14-7-16(20-3)18-8-15(14)17/h4-8,10,19H,9H2,1-3H3. The van der Waals surface area contributed by atoms with Crippen LogP contribution in [-0.2, 0) is 6.61 Å². The number of pyridine rings is 1. The number of methoxy groups -OCH3 is 1. The number of nitrogens with zero attached hydrogens (tertiary/aromatic N) is 1. The molecule has 0 unspecified atom stereocenters. The monoisotopic (exact) mass is 291 g/mol. The largest absolute Gasteiger partial charge is 0.491 e. The Balaban J connectivity index is 2.55. The summed E-state index contributed by atoms with van der Waals surface area (Å²) in [5.74, 6) is 0.449. The van der Waals surface area contributed by atoms with E-state index in [1.165, 1.54) is 13.2 Å². The molecule has 2 aromatic rings. The highest BCUT2D eigenvalue weighted by Gasteiger charge is 2.13. The number of benzene rings is 1. The van der Waals surface area contributed by atoms with E-state index < -0.39 is 5.82 Å². The van der Waals surface area contributed by atoms with Crippen molar-refractivity contribution in [3.05, 3.63) is 41.8 Å². The SMILES string of the molecule is COc1cc(-c2cc(OC(C)C)ccc2CO)c(F)cn1. The van der Waals surface area contributed by atoms with Crippen LogP contribution in [0.5, 0.6) is 11.6 Å². The first-order valence-corrected chi connectivity index (χ1v) is 6.65. The predicted octanol–water partition coefficient (Wildman–Crippen LogP) is 3.18. The van der Waals surface area contributed by atoms with Crippen molar-refractivity contribution in [3.63, 3.8) is 0 Å². The van der Waals surface area contributed by atoms with Crippen LogP contribution in [0.4, 0.5) is 4.39 Å². The van der Waals surface area contributed by atoms with Gasteiger partial charge < -0.3 is 14.6 Å². The van der Waals surface area contributed by atoms with E-state index in [1.807, 2.05) is 13.8 Å². The van der Waals surface area contributed by atoms with Crippen molar-refractivity contribution in [2.75, 3.05) is 7.11 Å². The van der Waals surface area contributed by atoms with Crippen LogP contribution >= 0.6 is 0 Å². The number of aliphatic hydroxyl groups excluding tert-OH is 1. The summed E-state index contributed by atoms with van der Waals surface area (Å²) in [6.07, 6.45) is 1.11. The highest BCUT2D eigenvalue weighted by atomic mass is 19.1. The fraction of sp³-hybridized carbons (Fsp3) is 0.312. The molecule has 0 saturated heterocycles. The van der Waals surface area contributed by atoms with Crippen LogP contribution in [-0.4, -0.2) is 23.3 Å². The second-order valence-corrected chi connectivity index (χ2v) is 4.85. The quantitative estimate of drug-likeness (QED) is 0.919. The first kappa shape index (κ1) is 15.3. The third-order valence-electron chi connectivity index (χ3n) is 2.95. The maximum atomic E-state index is 14.1. The molecule has 1 aromatic heterocycles. The summed E-state index contributed by atoms with van der Waals surface area (Å²) >= 11 is 0. The number of aromatic nitrogens is 1. The lowest BCUT2D eigenvalue weighted by Crippen LogP contribution is -2.06. The van der Waals surface area contributed by atoms with Crippen molar-refractivity contribution in [3.8, 4) is 22.8 Å². The topological polar surface area (TPSA) is 51.6 Å². The number of hydrogen-bond acceptors (Lipinski definition) is 4. The number of hydrogen-bond donors (Lipinski definition) is 1. The van der Waals surface area contributed by atoms with E-state index in [0.29, 0.717) is 28.3 Å². The molecule has 2 rings (SSSR count). The van der Waals surface area contributed by atoms with Crippen LogP contribution in [0.2, 0.25) is 0 Å². The number of aliphatic hydroxyl groups is 1. The molecular formula is C16H18FNO3. The van der Waals surface area contributed by atoms with Gasteiger partial charge in [-0.2, -0.15) is 0 Å². The minimum absolute atomic E-state index is 0.00893. The second-order valence-electron chi connectivity index (χ2n) is 4.85. The Labute approximate surface area is 123 Å². The van der Waals surface area contributed by atoms with E-state index in [9.17, 15) is 9.50 Å².